The molecule has 148 valence electrons. The number of aromatic nitrogens is 1. The van der Waals surface area contributed by atoms with Crippen molar-refractivity contribution in [2.24, 2.45) is 0 Å². The van der Waals surface area contributed by atoms with E-state index in [9.17, 15) is 14.4 Å². The molecule has 1 aromatic rings. The molecule has 0 aliphatic carbocycles. The molecule has 2 N–H and O–H groups in total. The van der Waals surface area contributed by atoms with Crippen molar-refractivity contribution in [2.75, 3.05) is 33.2 Å². The zero-order valence-electron chi connectivity index (χ0n) is 16.5. The van der Waals surface area contributed by atoms with Crippen LogP contribution < -0.4 is 10.9 Å². The molecule has 0 aromatic carbocycles. The highest BCUT2D eigenvalue weighted by molar-refractivity contribution is 6.00. The van der Waals surface area contributed by atoms with E-state index in [1.54, 1.807) is 6.92 Å². The van der Waals surface area contributed by atoms with Gasteiger partial charge >= 0.3 is 0 Å². The Labute approximate surface area is 160 Å². The van der Waals surface area contributed by atoms with Crippen molar-refractivity contribution in [3.05, 3.63) is 33.2 Å². The molecule has 0 saturated carbocycles. The zero-order chi connectivity index (χ0) is 19.6. The number of amides is 1. The van der Waals surface area contributed by atoms with Gasteiger partial charge in [0.25, 0.3) is 11.5 Å². The molecule has 2 aliphatic rings. The summed E-state index contributed by atoms with van der Waals surface area (Å²) in [6.07, 6.45) is 4.28. The standard InChI is InChI=1S/C20H30N4O3/c1-13-17(14(2)25)11-18(19(26)21-13)20(27)22-15-5-4-8-24(12-15)16-6-9-23(3)10-7-16/h11,15-16H,4-10,12H2,1-3H3,(H,21,26)(H,22,27)/t15-/m1/s1. The van der Waals surface area contributed by atoms with Crippen LogP contribution in [0.4, 0.5) is 0 Å². The molecule has 1 atom stereocenters. The first-order chi connectivity index (χ1) is 12.8. The average Bonchev–Trinajstić information content (AvgIpc) is 2.62. The van der Waals surface area contributed by atoms with E-state index >= 15 is 0 Å². The quantitative estimate of drug-likeness (QED) is 0.773. The summed E-state index contributed by atoms with van der Waals surface area (Å²) in [5, 5.41) is 3.02. The number of H-pyrrole nitrogens is 1. The number of Topliss-reactive ketones (excluding diaryl/α,β-unsaturated/α-hetero) is 1. The Bertz CT molecular complexity index is 765. The maximum absolute atomic E-state index is 12.7. The van der Waals surface area contributed by atoms with Gasteiger partial charge in [-0.1, -0.05) is 0 Å². The molecule has 3 heterocycles. The predicted octanol–water partition coefficient (Wildman–Crippen LogP) is 1.17. The average molecular weight is 374 g/mol. The molecule has 2 saturated heterocycles. The van der Waals surface area contributed by atoms with E-state index in [1.807, 2.05) is 0 Å². The van der Waals surface area contributed by atoms with Crippen LogP contribution in [0.2, 0.25) is 0 Å². The molecule has 27 heavy (non-hydrogen) atoms. The minimum absolute atomic E-state index is 0.0159. The third-order valence-corrected chi connectivity index (χ3v) is 5.85. The van der Waals surface area contributed by atoms with Crippen LogP contribution in [0.25, 0.3) is 0 Å². The molecule has 0 unspecified atom stereocenters. The number of aromatic amines is 1. The van der Waals surface area contributed by atoms with Gasteiger partial charge in [-0.15, -0.1) is 0 Å². The molecule has 1 amide bonds. The van der Waals surface area contributed by atoms with Crippen molar-refractivity contribution >= 4 is 11.7 Å². The second-order valence-corrected chi connectivity index (χ2v) is 7.95. The van der Waals surface area contributed by atoms with Crippen LogP contribution in [0.1, 0.15) is 59.0 Å². The van der Waals surface area contributed by atoms with Crippen LogP contribution in [0.5, 0.6) is 0 Å². The molecule has 0 bridgehead atoms. The number of piperidine rings is 2. The largest absolute Gasteiger partial charge is 0.348 e. The lowest BCUT2D eigenvalue weighted by Gasteiger charge is -2.41. The molecule has 7 nitrogen and oxygen atoms in total. The summed E-state index contributed by atoms with van der Waals surface area (Å²) in [7, 11) is 2.16. The van der Waals surface area contributed by atoms with E-state index in [0.29, 0.717) is 17.3 Å². The van der Waals surface area contributed by atoms with Crippen LogP contribution in [0.3, 0.4) is 0 Å². The highest BCUT2D eigenvalue weighted by atomic mass is 16.2. The van der Waals surface area contributed by atoms with Gasteiger partial charge in [0, 0.05) is 29.9 Å². The monoisotopic (exact) mass is 374 g/mol. The van der Waals surface area contributed by atoms with Crippen LogP contribution in [-0.2, 0) is 0 Å². The second kappa shape index (κ2) is 8.35. The number of pyridine rings is 1. The first-order valence-corrected chi connectivity index (χ1v) is 9.83. The van der Waals surface area contributed by atoms with Gasteiger partial charge in [0.2, 0.25) is 0 Å². The summed E-state index contributed by atoms with van der Waals surface area (Å²) >= 11 is 0. The highest BCUT2D eigenvalue weighted by Gasteiger charge is 2.29. The van der Waals surface area contributed by atoms with Crippen molar-refractivity contribution in [1.29, 1.82) is 0 Å². The number of nitrogens with zero attached hydrogens (tertiary/aromatic N) is 2. The lowest BCUT2D eigenvalue weighted by atomic mass is 9.98. The number of likely N-dealkylation sites (tertiary alicyclic amines) is 2. The van der Waals surface area contributed by atoms with E-state index in [-0.39, 0.29) is 17.4 Å². The van der Waals surface area contributed by atoms with Gasteiger partial charge in [0.1, 0.15) is 5.56 Å². The maximum atomic E-state index is 12.7. The van der Waals surface area contributed by atoms with Gasteiger partial charge in [0.05, 0.1) is 0 Å². The van der Waals surface area contributed by atoms with Crippen molar-refractivity contribution in [2.45, 2.75) is 51.6 Å². The summed E-state index contributed by atoms with van der Waals surface area (Å²) in [6.45, 7) is 7.22. The van der Waals surface area contributed by atoms with Crippen LogP contribution in [-0.4, -0.2) is 71.8 Å². The number of rotatable bonds is 4. The van der Waals surface area contributed by atoms with Crippen molar-refractivity contribution < 1.29 is 9.59 Å². The minimum Gasteiger partial charge on any atom is -0.348 e. The molecular formula is C20H30N4O3. The second-order valence-electron chi connectivity index (χ2n) is 7.95. The van der Waals surface area contributed by atoms with E-state index < -0.39 is 11.5 Å². The summed E-state index contributed by atoms with van der Waals surface area (Å²) < 4.78 is 0. The Balaban J connectivity index is 1.66. The van der Waals surface area contributed by atoms with Crippen LogP contribution >= 0.6 is 0 Å². The Kier molecular flexibility index (Phi) is 6.11. The lowest BCUT2D eigenvalue weighted by molar-refractivity contribution is 0.0765. The van der Waals surface area contributed by atoms with Gasteiger partial charge in [0.15, 0.2) is 5.78 Å². The van der Waals surface area contributed by atoms with Gasteiger partial charge < -0.3 is 15.2 Å². The molecule has 2 fully saturated rings. The normalized spacial score (nSPS) is 22.6. The first-order valence-electron chi connectivity index (χ1n) is 9.83. The Morgan fingerprint density at radius 2 is 1.85 bits per heavy atom. The smallest absolute Gasteiger partial charge is 0.261 e. The molecule has 1 aromatic heterocycles. The Morgan fingerprint density at radius 1 is 1.15 bits per heavy atom. The molecule has 2 aliphatic heterocycles. The summed E-state index contributed by atoms with van der Waals surface area (Å²) in [4.78, 5) is 44.1. The summed E-state index contributed by atoms with van der Waals surface area (Å²) in [5.74, 6) is -0.558. The Morgan fingerprint density at radius 3 is 2.52 bits per heavy atom. The van der Waals surface area contributed by atoms with Crippen molar-refractivity contribution in [3.8, 4) is 0 Å². The highest BCUT2D eigenvalue weighted by Crippen LogP contribution is 2.20. The minimum atomic E-state index is -0.446. The molecule has 0 radical (unpaired) electrons. The van der Waals surface area contributed by atoms with Gasteiger partial charge in [-0.05, 0) is 72.3 Å². The summed E-state index contributed by atoms with van der Waals surface area (Å²) in [5.41, 5.74) is 0.451. The van der Waals surface area contributed by atoms with Crippen LogP contribution in [0.15, 0.2) is 10.9 Å². The lowest BCUT2D eigenvalue weighted by Crippen LogP contribution is -2.53. The number of nitrogens with one attached hydrogen (secondary N) is 2. The fraction of sp³-hybridized carbons (Fsp3) is 0.650. The topological polar surface area (TPSA) is 85.5 Å². The van der Waals surface area contributed by atoms with Gasteiger partial charge in [-0.2, -0.15) is 0 Å². The molecule has 3 rings (SSSR count). The SMILES string of the molecule is CC(=O)c1cc(C(=O)N[C@@H]2CCCN(C3CCN(C)CC3)C2)c(=O)[nH]c1C. The zero-order valence-corrected chi connectivity index (χ0v) is 16.5. The van der Waals surface area contributed by atoms with Gasteiger partial charge in [-0.25, -0.2) is 0 Å². The third kappa shape index (κ3) is 4.65. The molecule has 7 heteroatoms. The molecular weight excluding hydrogens is 344 g/mol. The Hall–Kier alpha value is -1.99. The maximum Gasteiger partial charge on any atom is 0.261 e. The fourth-order valence-electron chi connectivity index (χ4n) is 4.24. The van der Waals surface area contributed by atoms with Crippen LogP contribution in [0, 0.1) is 6.92 Å². The summed E-state index contributed by atoms with van der Waals surface area (Å²) in [6, 6.07) is 2.03. The predicted molar refractivity (Wildman–Crippen MR) is 104 cm³/mol. The third-order valence-electron chi connectivity index (χ3n) is 5.85. The first kappa shape index (κ1) is 19.8. The van der Waals surface area contributed by atoms with E-state index in [2.05, 4.69) is 27.1 Å². The van der Waals surface area contributed by atoms with Gasteiger partial charge in [-0.3, -0.25) is 19.3 Å². The fourth-order valence-corrected chi connectivity index (χ4v) is 4.24. The number of aryl methyl sites for hydroxylation is 1. The van der Waals surface area contributed by atoms with E-state index in [0.717, 1.165) is 51.9 Å². The number of carbonyl (C=O) groups excluding carboxylic acids is 2. The van der Waals surface area contributed by atoms with E-state index in [4.69, 9.17) is 0 Å². The number of carbonyl (C=O) groups is 2. The number of hydrogen-bond acceptors (Lipinski definition) is 5. The van der Waals surface area contributed by atoms with Crippen molar-refractivity contribution in [1.82, 2.24) is 20.1 Å². The van der Waals surface area contributed by atoms with Crippen molar-refractivity contribution in [3.63, 3.8) is 0 Å². The number of ketones is 1. The molecule has 0 spiro atoms. The van der Waals surface area contributed by atoms with E-state index in [1.165, 1.54) is 13.0 Å². The number of hydrogen-bond donors (Lipinski definition) is 2.